The fraction of sp³-hybridized carbons (Fsp3) is 0.231. The fourth-order valence-electron chi connectivity index (χ4n) is 1.51. The molecule has 0 atom stereocenters. The first-order valence-electron chi connectivity index (χ1n) is 5.80. The lowest BCUT2D eigenvalue weighted by atomic mass is 10.2. The summed E-state index contributed by atoms with van der Waals surface area (Å²) in [5, 5.41) is 3.14. The summed E-state index contributed by atoms with van der Waals surface area (Å²) >= 11 is 6.93. The van der Waals surface area contributed by atoms with Crippen LogP contribution in [0.5, 0.6) is 11.6 Å². The van der Waals surface area contributed by atoms with E-state index < -0.39 is 0 Å². The third-order valence-corrected chi connectivity index (χ3v) is 3.73. The molecule has 6 heteroatoms. The number of rotatable bonds is 4. The third-order valence-electron chi connectivity index (χ3n) is 2.40. The molecule has 0 aliphatic heterocycles. The molecule has 0 amide bonds. The second-order valence-corrected chi connectivity index (χ2v) is 5.56. The fourth-order valence-corrected chi connectivity index (χ4v) is 2.51. The summed E-state index contributed by atoms with van der Waals surface area (Å²) in [4.78, 5) is 8.28. The van der Waals surface area contributed by atoms with Gasteiger partial charge in [0.1, 0.15) is 22.4 Å². The lowest BCUT2D eigenvalue weighted by molar-refractivity contribution is 0.455. The molecule has 0 aliphatic carbocycles. The molecule has 1 aromatic heterocycles. The van der Waals surface area contributed by atoms with Gasteiger partial charge in [-0.15, -0.1) is 0 Å². The number of aromatic nitrogens is 2. The highest BCUT2D eigenvalue weighted by Crippen LogP contribution is 2.35. The SMILES string of the molecule is CCNc1ncnc(Oc2ccc(C)cc2Br)c1Br. The van der Waals surface area contributed by atoms with Crippen molar-refractivity contribution < 1.29 is 4.74 Å². The van der Waals surface area contributed by atoms with Crippen molar-refractivity contribution in [3.8, 4) is 11.6 Å². The van der Waals surface area contributed by atoms with Crippen molar-refractivity contribution in [2.45, 2.75) is 13.8 Å². The molecule has 0 unspecified atom stereocenters. The average molecular weight is 387 g/mol. The molecule has 0 aliphatic rings. The van der Waals surface area contributed by atoms with E-state index in [0.29, 0.717) is 16.1 Å². The van der Waals surface area contributed by atoms with E-state index >= 15 is 0 Å². The molecule has 2 rings (SSSR count). The smallest absolute Gasteiger partial charge is 0.238 e. The van der Waals surface area contributed by atoms with Gasteiger partial charge in [-0.2, -0.15) is 0 Å². The topological polar surface area (TPSA) is 47.0 Å². The van der Waals surface area contributed by atoms with Gasteiger partial charge in [-0.3, -0.25) is 0 Å². The highest BCUT2D eigenvalue weighted by Gasteiger charge is 2.11. The normalized spacial score (nSPS) is 10.3. The molecule has 1 N–H and O–H groups in total. The molecule has 0 saturated heterocycles. The second-order valence-electron chi connectivity index (χ2n) is 3.91. The molecule has 0 saturated carbocycles. The van der Waals surface area contributed by atoms with Crippen LogP contribution in [0.1, 0.15) is 12.5 Å². The van der Waals surface area contributed by atoms with Crippen LogP contribution >= 0.6 is 31.9 Å². The van der Waals surface area contributed by atoms with Crippen LogP contribution in [0.15, 0.2) is 33.5 Å². The molecule has 0 bridgehead atoms. The highest BCUT2D eigenvalue weighted by atomic mass is 79.9. The van der Waals surface area contributed by atoms with Crippen molar-refractivity contribution in [3.63, 3.8) is 0 Å². The van der Waals surface area contributed by atoms with Gasteiger partial charge >= 0.3 is 0 Å². The Labute approximate surface area is 128 Å². The van der Waals surface area contributed by atoms with E-state index in [9.17, 15) is 0 Å². The molecule has 0 fully saturated rings. The molecule has 2 aromatic rings. The predicted octanol–water partition coefficient (Wildman–Crippen LogP) is 4.53. The maximum absolute atomic E-state index is 5.80. The maximum atomic E-state index is 5.80. The summed E-state index contributed by atoms with van der Waals surface area (Å²) in [5.41, 5.74) is 1.16. The van der Waals surface area contributed by atoms with Crippen molar-refractivity contribution >= 4 is 37.7 Å². The maximum Gasteiger partial charge on any atom is 0.238 e. The van der Waals surface area contributed by atoms with Crippen LogP contribution in [-0.4, -0.2) is 16.5 Å². The Kier molecular flexibility index (Phi) is 4.76. The Balaban J connectivity index is 2.30. The van der Waals surface area contributed by atoms with Crippen molar-refractivity contribution in [3.05, 3.63) is 39.0 Å². The Morgan fingerprint density at radius 3 is 2.74 bits per heavy atom. The Hall–Kier alpha value is -1.14. The van der Waals surface area contributed by atoms with Crippen molar-refractivity contribution in [1.29, 1.82) is 0 Å². The van der Waals surface area contributed by atoms with Gasteiger partial charge in [-0.05, 0) is 63.4 Å². The minimum absolute atomic E-state index is 0.482. The van der Waals surface area contributed by atoms with E-state index in [2.05, 4.69) is 47.1 Å². The minimum atomic E-state index is 0.482. The molecule has 4 nitrogen and oxygen atoms in total. The number of halogens is 2. The zero-order valence-corrected chi connectivity index (χ0v) is 13.7. The second kappa shape index (κ2) is 6.34. The first-order chi connectivity index (χ1) is 9.11. The van der Waals surface area contributed by atoms with E-state index in [0.717, 1.165) is 22.4 Å². The van der Waals surface area contributed by atoms with E-state index in [4.69, 9.17) is 4.74 Å². The summed E-state index contributed by atoms with van der Waals surface area (Å²) in [5.74, 6) is 1.92. The van der Waals surface area contributed by atoms with E-state index in [-0.39, 0.29) is 0 Å². The quantitative estimate of drug-likeness (QED) is 0.838. The number of benzene rings is 1. The standard InChI is InChI=1S/C13H13Br2N3O/c1-3-16-12-11(15)13(18-7-17-12)19-10-5-4-8(2)6-9(10)14/h4-7H,3H2,1-2H3,(H,16,17,18). The molecule has 0 radical (unpaired) electrons. The van der Waals surface area contributed by atoms with Crippen molar-refractivity contribution in [2.24, 2.45) is 0 Å². The molecule has 19 heavy (non-hydrogen) atoms. The number of aryl methyl sites for hydroxylation is 1. The van der Waals surface area contributed by atoms with Crippen LogP contribution in [-0.2, 0) is 0 Å². The zero-order chi connectivity index (χ0) is 13.8. The van der Waals surface area contributed by atoms with Crippen molar-refractivity contribution in [1.82, 2.24) is 9.97 Å². The summed E-state index contributed by atoms with van der Waals surface area (Å²) in [7, 11) is 0. The molecular weight excluding hydrogens is 374 g/mol. The molecule has 100 valence electrons. The number of nitrogens with zero attached hydrogens (tertiary/aromatic N) is 2. The largest absolute Gasteiger partial charge is 0.436 e. The van der Waals surface area contributed by atoms with Crippen LogP contribution in [0, 0.1) is 6.92 Å². The lowest BCUT2D eigenvalue weighted by Crippen LogP contribution is -2.02. The van der Waals surface area contributed by atoms with Gasteiger partial charge in [-0.1, -0.05) is 6.07 Å². The number of hydrogen-bond acceptors (Lipinski definition) is 4. The minimum Gasteiger partial charge on any atom is -0.436 e. The summed E-state index contributed by atoms with van der Waals surface area (Å²) < 4.78 is 7.40. The third kappa shape index (κ3) is 3.45. The van der Waals surface area contributed by atoms with Gasteiger partial charge in [0.05, 0.1) is 4.47 Å². The Morgan fingerprint density at radius 1 is 1.26 bits per heavy atom. The van der Waals surface area contributed by atoms with Crippen LogP contribution < -0.4 is 10.1 Å². The van der Waals surface area contributed by atoms with Gasteiger partial charge in [0, 0.05) is 6.54 Å². The highest BCUT2D eigenvalue weighted by molar-refractivity contribution is 9.11. The molecule has 1 heterocycles. The number of anilines is 1. The van der Waals surface area contributed by atoms with Crippen LogP contribution in [0.3, 0.4) is 0 Å². The molecular formula is C13H13Br2N3O. The van der Waals surface area contributed by atoms with Gasteiger partial charge in [0.15, 0.2) is 0 Å². The van der Waals surface area contributed by atoms with Gasteiger partial charge in [-0.25, -0.2) is 9.97 Å². The molecule has 1 aromatic carbocycles. The van der Waals surface area contributed by atoms with Crippen LogP contribution in [0.25, 0.3) is 0 Å². The molecule has 0 spiro atoms. The lowest BCUT2D eigenvalue weighted by Gasteiger charge is -2.11. The Morgan fingerprint density at radius 2 is 2.05 bits per heavy atom. The average Bonchev–Trinajstić information content (AvgIpc) is 2.37. The van der Waals surface area contributed by atoms with Gasteiger partial charge < -0.3 is 10.1 Å². The number of hydrogen-bond donors (Lipinski definition) is 1. The monoisotopic (exact) mass is 385 g/mol. The predicted molar refractivity (Wildman–Crippen MR) is 82.8 cm³/mol. The van der Waals surface area contributed by atoms with Crippen LogP contribution in [0.2, 0.25) is 0 Å². The number of ether oxygens (including phenoxy) is 1. The van der Waals surface area contributed by atoms with E-state index in [1.807, 2.05) is 32.0 Å². The van der Waals surface area contributed by atoms with Gasteiger partial charge in [0.2, 0.25) is 5.88 Å². The van der Waals surface area contributed by atoms with Crippen LogP contribution in [0.4, 0.5) is 5.82 Å². The van der Waals surface area contributed by atoms with Crippen molar-refractivity contribution in [2.75, 3.05) is 11.9 Å². The zero-order valence-electron chi connectivity index (χ0n) is 10.6. The Bertz CT molecular complexity index is 590. The first kappa shape index (κ1) is 14.3. The summed E-state index contributed by atoms with van der Waals surface area (Å²) in [6, 6.07) is 5.89. The van der Waals surface area contributed by atoms with E-state index in [1.54, 1.807) is 0 Å². The summed E-state index contributed by atoms with van der Waals surface area (Å²) in [6.07, 6.45) is 1.47. The van der Waals surface area contributed by atoms with E-state index in [1.165, 1.54) is 6.33 Å². The number of nitrogens with one attached hydrogen (secondary N) is 1. The first-order valence-corrected chi connectivity index (χ1v) is 7.38. The summed E-state index contributed by atoms with van der Waals surface area (Å²) in [6.45, 7) is 4.81. The van der Waals surface area contributed by atoms with Gasteiger partial charge in [0.25, 0.3) is 0 Å².